The highest BCUT2D eigenvalue weighted by Gasteiger charge is 2.27. The van der Waals surface area contributed by atoms with Crippen molar-refractivity contribution >= 4 is 28.8 Å². The van der Waals surface area contributed by atoms with Crippen LogP contribution in [-0.2, 0) is 6.42 Å². The topological polar surface area (TPSA) is 29.0 Å². The minimum Gasteiger partial charge on any atom is -0.359 e. The Morgan fingerprint density at radius 2 is 2.26 bits per heavy atom. The van der Waals surface area contributed by atoms with E-state index in [9.17, 15) is 0 Å². The molecule has 0 bridgehead atoms. The second-order valence-electron chi connectivity index (χ2n) is 4.93. The Balaban J connectivity index is 1.69. The minimum absolute atomic E-state index is 0.531. The van der Waals surface area contributed by atoms with Gasteiger partial charge in [0.05, 0.1) is 0 Å². The SMILES string of the molecule is CN(CCc1cccs1)c1cc(Cl)nc(C2CC2)n1. The van der Waals surface area contributed by atoms with Crippen LogP contribution in [0.4, 0.5) is 5.82 Å². The lowest BCUT2D eigenvalue weighted by Crippen LogP contribution is -2.21. The highest BCUT2D eigenvalue weighted by Crippen LogP contribution is 2.39. The summed E-state index contributed by atoms with van der Waals surface area (Å²) < 4.78 is 0. The van der Waals surface area contributed by atoms with Gasteiger partial charge in [-0.25, -0.2) is 9.97 Å². The molecule has 0 unspecified atom stereocenters. The molecule has 1 saturated carbocycles. The van der Waals surface area contributed by atoms with Crippen LogP contribution >= 0.6 is 22.9 Å². The Hall–Kier alpha value is -1.13. The average Bonchev–Trinajstić information content (AvgIpc) is 3.13. The van der Waals surface area contributed by atoms with Crippen LogP contribution in [0.3, 0.4) is 0 Å². The maximum Gasteiger partial charge on any atom is 0.135 e. The number of likely N-dealkylation sites (N-methyl/N-ethyl adjacent to an activating group) is 1. The third kappa shape index (κ3) is 3.25. The molecule has 0 N–H and O–H groups in total. The second kappa shape index (κ2) is 5.47. The van der Waals surface area contributed by atoms with Crippen molar-refractivity contribution in [3.05, 3.63) is 39.4 Å². The van der Waals surface area contributed by atoms with Crippen LogP contribution in [0.25, 0.3) is 0 Å². The Labute approximate surface area is 122 Å². The molecular weight excluding hydrogens is 278 g/mol. The van der Waals surface area contributed by atoms with Crippen LogP contribution in [-0.4, -0.2) is 23.6 Å². The van der Waals surface area contributed by atoms with Crippen LogP contribution in [0.2, 0.25) is 5.15 Å². The standard InChI is InChI=1S/C14H16ClN3S/c1-18(7-6-11-3-2-8-19-11)13-9-12(15)16-14(17-13)10-4-5-10/h2-3,8-10H,4-7H2,1H3. The van der Waals surface area contributed by atoms with Crippen molar-refractivity contribution in [1.82, 2.24) is 9.97 Å². The van der Waals surface area contributed by atoms with Gasteiger partial charge in [0.25, 0.3) is 0 Å². The molecule has 0 spiro atoms. The van der Waals surface area contributed by atoms with Gasteiger partial charge >= 0.3 is 0 Å². The Kier molecular flexibility index (Phi) is 3.71. The van der Waals surface area contributed by atoms with Gasteiger partial charge in [-0.05, 0) is 30.7 Å². The van der Waals surface area contributed by atoms with Crippen LogP contribution in [0.15, 0.2) is 23.6 Å². The summed E-state index contributed by atoms with van der Waals surface area (Å²) in [5, 5.41) is 2.66. The van der Waals surface area contributed by atoms with Gasteiger partial charge in [0.15, 0.2) is 0 Å². The Bertz CT molecular complexity index is 552. The summed E-state index contributed by atoms with van der Waals surface area (Å²) in [5.41, 5.74) is 0. The smallest absolute Gasteiger partial charge is 0.135 e. The third-order valence-corrected chi connectivity index (χ3v) is 4.44. The van der Waals surface area contributed by atoms with Crippen LogP contribution < -0.4 is 4.90 Å². The number of rotatable bonds is 5. The molecule has 0 saturated heterocycles. The van der Waals surface area contributed by atoms with Crippen LogP contribution in [0, 0.1) is 0 Å². The van der Waals surface area contributed by atoms with Gasteiger partial charge in [0.1, 0.15) is 16.8 Å². The van der Waals surface area contributed by atoms with Gasteiger partial charge in [-0.3, -0.25) is 0 Å². The second-order valence-corrected chi connectivity index (χ2v) is 6.35. The first-order valence-corrected chi connectivity index (χ1v) is 7.76. The molecule has 0 radical (unpaired) electrons. The molecule has 1 fully saturated rings. The summed E-state index contributed by atoms with van der Waals surface area (Å²) in [7, 11) is 2.06. The van der Waals surface area contributed by atoms with Crippen molar-refractivity contribution < 1.29 is 0 Å². The van der Waals surface area contributed by atoms with Gasteiger partial charge in [0.2, 0.25) is 0 Å². The highest BCUT2D eigenvalue weighted by atomic mass is 35.5. The van der Waals surface area contributed by atoms with E-state index in [0.717, 1.165) is 24.6 Å². The monoisotopic (exact) mass is 293 g/mol. The lowest BCUT2D eigenvalue weighted by Gasteiger charge is -2.18. The fourth-order valence-corrected chi connectivity index (χ4v) is 2.87. The molecule has 2 heterocycles. The van der Waals surface area contributed by atoms with Crippen molar-refractivity contribution in [1.29, 1.82) is 0 Å². The van der Waals surface area contributed by atoms with E-state index in [-0.39, 0.29) is 0 Å². The van der Waals surface area contributed by atoms with E-state index in [1.54, 1.807) is 11.3 Å². The fraction of sp³-hybridized carbons (Fsp3) is 0.429. The molecule has 0 aromatic carbocycles. The number of anilines is 1. The van der Waals surface area contributed by atoms with Crippen molar-refractivity contribution in [3.8, 4) is 0 Å². The zero-order valence-corrected chi connectivity index (χ0v) is 12.4. The average molecular weight is 294 g/mol. The molecule has 19 heavy (non-hydrogen) atoms. The third-order valence-electron chi connectivity index (χ3n) is 3.31. The molecule has 3 nitrogen and oxygen atoms in total. The summed E-state index contributed by atoms with van der Waals surface area (Å²) in [5.74, 6) is 2.37. The maximum absolute atomic E-state index is 6.09. The minimum atomic E-state index is 0.531. The molecule has 5 heteroatoms. The molecule has 1 aliphatic rings. The molecule has 2 aromatic rings. The van der Waals surface area contributed by atoms with Crippen molar-refractivity contribution in [2.75, 3.05) is 18.5 Å². The summed E-state index contributed by atoms with van der Waals surface area (Å²) in [4.78, 5) is 12.5. The lowest BCUT2D eigenvalue weighted by molar-refractivity contribution is 0.840. The summed E-state index contributed by atoms with van der Waals surface area (Å²) >= 11 is 7.89. The summed E-state index contributed by atoms with van der Waals surface area (Å²) in [6, 6.07) is 6.11. The van der Waals surface area contributed by atoms with Crippen molar-refractivity contribution in [2.45, 2.75) is 25.2 Å². The number of halogens is 1. The lowest BCUT2D eigenvalue weighted by atomic mass is 10.3. The molecule has 0 aliphatic heterocycles. The van der Waals surface area contributed by atoms with Gasteiger partial charge < -0.3 is 4.90 Å². The van der Waals surface area contributed by atoms with Gasteiger partial charge in [0, 0.05) is 30.5 Å². The number of hydrogen-bond donors (Lipinski definition) is 0. The normalized spacial score (nSPS) is 14.6. The van der Waals surface area contributed by atoms with E-state index < -0.39 is 0 Å². The first-order chi connectivity index (χ1) is 9.22. The number of nitrogens with zero attached hydrogens (tertiary/aromatic N) is 3. The van der Waals surface area contributed by atoms with E-state index in [1.807, 2.05) is 6.07 Å². The Morgan fingerprint density at radius 1 is 1.42 bits per heavy atom. The molecule has 100 valence electrons. The van der Waals surface area contributed by atoms with Crippen molar-refractivity contribution in [3.63, 3.8) is 0 Å². The zero-order chi connectivity index (χ0) is 13.2. The van der Waals surface area contributed by atoms with Crippen LogP contribution in [0.1, 0.15) is 29.5 Å². The van der Waals surface area contributed by atoms with Crippen LogP contribution in [0.5, 0.6) is 0 Å². The molecule has 2 aromatic heterocycles. The van der Waals surface area contributed by atoms with Gasteiger partial charge in [-0.2, -0.15) is 0 Å². The van der Waals surface area contributed by atoms with E-state index in [0.29, 0.717) is 11.1 Å². The summed E-state index contributed by atoms with van der Waals surface area (Å²) in [6.45, 7) is 0.942. The number of aromatic nitrogens is 2. The zero-order valence-electron chi connectivity index (χ0n) is 10.8. The molecule has 0 atom stereocenters. The van der Waals surface area contributed by atoms with Gasteiger partial charge in [-0.15, -0.1) is 11.3 Å². The van der Waals surface area contributed by atoms with E-state index in [4.69, 9.17) is 11.6 Å². The first kappa shape index (κ1) is 12.9. The summed E-state index contributed by atoms with van der Waals surface area (Å²) in [6.07, 6.45) is 3.42. The quantitative estimate of drug-likeness (QED) is 0.786. The Morgan fingerprint density at radius 3 is 2.95 bits per heavy atom. The van der Waals surface area contributed by atoms with E-state index in [2.05, 4.69) is 39.4 Å². The van der Waals surface area contributed by atoms with Gasteiger partial charge in [-0.1, -0.05) is 17.7 Å². The van der Waals surface area contributed by atoms with E-state index in [1.165, 1.54) is 17.7 Å². The van der Waals surface area contributed by atoms with Crippen molar-refractivity contribution in [2.24, 2.45) is 0 Å². The highest BCUT2D eigenvalue weighted by molar-refractivity contribution is 7.09. The predicted molar refractivity (Wildman–Crippen MR) is 80.3 cm³/mol. The molecular formula is C14H16ClN3S. The predicted octanol–water partition coefficient (Wildman–Crippen LogP) is 3.75. The maximum atomic E-state index is 6.09. The van der Waals surface area contributed by atoms with E-state index >= 15 is 0 Å². The number of hydrogen-bond acceptors (Lipinski definition) is 4. The first-order valence-electron chi connectivity index (χ1n) is 6.50. The largest absolute Gasteiger partial charge is 0.359 e. The molecule has 1 aliphatic carbocycles. The molecule has 0 amide bonds. The molecule has 3 rings (SSSR count). The fourth-order valence-electron chi connectivity index (χ4n) is 1.99. The number of thiophene rings is 1.